The number of hydrogen-bond donors (Lipinski definition) is 1. The number of benzene rings is 1. The molecule has 2 aromatic rings. The Morgan fingerprint density at radius 2 is 1.94 bits per heavy atom. The summed E-state index contributed by atoms with van der Waals surface area (Å²) in [7, 11) is 0. The summed E-state index contributed by atoms with van der Waals surface area (Å²) in [6, 6.07) is 5.68. The number of nitrogens with one attached hydrogen (secondary N) is 1. The maximum Gasteiger partial charge on any atom is 0.326 e. The average Bonchev–Trinajstić information content (AvgIpc) is 3.50. The minimum absolute atomic E-state index is 0.133. The number of ether oxygens (including phenoxy) is 1. The molecule has 0 amide bonds. The molecule has 2 fully saturated rings. The van der Waals surface area contributed by atoms with Crippen molar-refractivity contribution in [1.82, 2.24) is 14.9 Å². The van der Waals surface area contributed by atoms with E-state index >= 15 is 4.39 Å². The van der Waals surface area contributed by atoms with Crippen molar-refractivity contribution < 1.29 is 9.13 Å². The van der Waals surface area contributed by atoms with Crippen LogP contribution in [0.3, 0.4) is 0 Å². The molecular formula is C28H33FN6O. The summed E-state index contributed by atoms with van der Waals surface area (Å²) >= 11 is 0. The van der Waals surface area contributed by atoms with Crippen LogP contribution in [0.4, 0.5) is 16.0 Å². The van der Waals surface area contributed by atoms with Crippen LogP contribution in [0, 0.1) is 11.7 Å². The molecule has 1 saturated heterocycles. The van der Waals surface area contributed by atoms with Gasteiger partial charge in [-0.05, 0) is 68.3 Å². The molecule has 0 radical (unpaired) electrons. The van der Waals surface area contributed by atoms with E-state index in [0.717, 1.165) is 74.9 Å². The monoisotopic (exact) mass is 488 g/mol. The topological polar surface area (TPSA) is 65.9 Å². The lowest BCUT2D eigenvalue weighted by Crippen LogP contribution is -2.46. The molecule has 6 rings (SSSR count). The molecule has 1 saturated carbocycles. The number of amidine groups is 1. The van der Waals surface area contributed by atoms with Crippen molar-refractivity contribution >= 4 is 23.5 Å². The molecule has 4 aliphatic rings. The van der Waals surface area contributed by atoms with Crippen LogP contribution < -0.4 is 15.0 Å². The van der Waals surface area contributed by atoms with Gasteiger partial charge in [0.2, 0.25) is 0 Å². The first-order valence-electron chi connectivity index (χ1n) is 13.1. The van der Waals surface area contributed by atoms with Crippen molar-refractivity contribution in [2.75, 3.05) is 49.5 Å². The highest BCUT2D eigenvalue weighted by molar-refractivity contribution is 6.05. The number of aromatic nitrogens is 2. The Morgan fingerprint density at radius 1 is 1.11 bits per heavy atom. The van der Waals surface area contributed by atoms with Crippen LogP contribution in [-0.4, -0.2) is 60.0 Å². The number of rotatable bonds is 7. The Balaban J connectivity index is 1.27. The molecule has 3 heterocycles. The molecule has 2 aliphatic carbocycles. The predicted octanol–water partition coefficient (Wildman–Crippen LogP) is 5.06. The number of nitrogens with zero attached hydrogens (tertiary/aromatic N) is 5. The number of fused-ring (bicyclic) bond motifs is 1. The van der Waals surface area contributed by atoms with Crippen molar-refractivity contribution in [1.29, 1.82) is 0 Å². The first-order chi connectivity index (χ1) is 17.6. The minimum atomic E-state index is -0.363. The Morgan fingerprint density at radius 3 is 2.72 bits per heavy atom. The van der Waals surface area contributed by atoms with E-state index in [0.29, 0.717) is 17.3 Å². The Hall–Kier alpha value is -3.26. The molecule has 8 heteroatoms. The normalized spacial score (nSPS) is 19.6. The summed E-state index contributed by atoms with van der Waals surface area (Å²) in [6.45, 7) is 9.81. The molecule has 0 unspecified atom stereocenters. The molecule has 2 aliphatic heterocycles. The van der Waals surface area contributed by atoms with Gasteiger partial charge in [0.1, 0.15) is 17.5 Å². The summed E-state index contributed by atoms with van der Waals surface area (Å²) in [6.07, 6.45) is 8.47. The van der Waals surface area contributed by atoms with E-state index < -0.39 is 0 Å². The fourth-order valence-corrected chi connectivity index (χ4v) is 5.25. The molecule has 188 valence electrons. The third-order valence-corrected chi connectivity index (χ3v) is 7.34. The molecule has 7 nitrogen and oxygen atoms in total. The van der Waals surface area contributed by atoms with E-state index in [-0.39, 0.29) is 17.6 Å². The molecule has 0 bridgehead atoms. The van der Waals surface area contributed by atoms with E-state index in [9.17, 15) is 0 Å². The van der Waals surface area contributed by atoms with Gasteiger partial charge in [-0.2, -0.15) is 9.97 Å². The van der Waals surface area contributed by atoms with Crippen LogP contribution in [0.15, 0.2) is 40.4 Å². The number of anilines is 2. The van der Waals surface area contributed by atoms with Crippen molar-refractivity contribution in [3.8, 4) is 11.8 Å². The maximum absolute atomic E-state index is 15.3. The second kappa shape index (κ2) is 9.65. The molecule has 0 atom stereocenters. The van der Waals surface area contributed by atoms with Gasteiger partial charge in [0, 0.05) is 37.8 Å². The van der Waals surface area contributed by atoms with Crippen LogP contribution in [0.5, 0.6) is 11.8 Å². The second-order valence-electron chi connectivity index (χ2n) is 10.3. The number of hydrogen-bond acceptors (Lipinski definition) is 7. The van der Waals surface area contributed by atoms with E-state index in [1.807, 2.05) is 25.1 Å². The smallest absolute Gasteiger partial charge is 0.326 e. The molecule has 1 aromatic carbocycles. The fraction of sp³-hybridized carbons (Fsp3) is 0.464. The van der Waals surface area contributed by atoms with Crippen molar-refractivity contribution in [2.24, 2.45) is 10.9 Å². The van der Waals surface area contributed by atoms with Gasteiger partial charge in [0.15, 0.2) is 11.6 Å². The van der Waals surface area contributed by atoms with Gasteiger partial charge in [-0.25, -0.2) is 4.39 Å². The molecular weight excluding hydrogens is 455 g/mol. The third-order valence-electron chi connectivity index (χ3n) is 7.34. The standard InChI is InChI=1S/C28H33FN6O/c1-3-8-34-9-11-35(12-10-34)26-16-25(31-24-15-21(17-30-24)19-4-5-19)32-28(33-26)36-23-7-6-20-13-18(2)14-22(20)27(23)29/h6-7,14-16,19H,3-5,8-13,17H2,1-2H3,(H,30,31,32,33). The van der Waals surface area contributed by atoms with E-state index in [4.69, 9.17) is 9.72 Å². The second-order valence-corrected chi connectivity index (χ2v) is 10.3. The van der Waals surface area contributed by atoms with Gasteiger partial charge < -0.3 is 15.0 Å². The zero-order valence-corrected chi connectivity index (χ0v) is 21.1. The first kappa shape index (κ1) is 23.2. The summed E-state index contributed by atoms with van der Waals surface area (Å²) in [5.41, 5.74) is 4.12. The molecule has 0 spiro atoms. The van der Waals surface area contributed by atoms with E-state index in [1.54, 1.807) is 6.07 Å². The Labute approximate surface area is 211 Å². The summed E-state index contributed by atoms with van der Waals surface area (Å²) in [5, 5.41) is 3.35. The first-order valence-corrected chi connectivity index (χ1v) is 13.1. The summed E-state index contributed by atoms with van der Waals surface area (Å²) in [4.78, 5) is 18.7. The number of allylic oxidation sites excluding steroid dienone is 1. The lowest BCUT2D eigenvalue weighted by molar-refractivity contribution is 0.257. The van der Waals surface area contributed by atoms with Gasteiger partial charge in [0.05, 0.1) is 6.54 Å². The van der Waals surface area contributed by atoms with E-state index in [2.05, 4.69) is 38.1 Å². The zero-order chi connectivity index (χ0) is 24.6. The van der Waals surface area contributed by atoms with Gasteiger partial charge in [-0.1, -0.05) is 24.6 Å². The molecule has 36 heavy (non-hydrogen) atoms. The minimum Gasteiger partial charge on any atom is -0.421 e. The molecule has 1 N–H and O–H groups in total. The van der Waals surface area contributed by atoms with Gasteiger partial charge in [0.25, 0.3) is 0 Å². The highest BCUT2D eigenvalue weighted by Crippen LogP contribution is 2.38. The lowest BCUT2D eigenvalue weighted by Gasteiger charge is -2.35. The number of piperazine rings is 1. The number of halogens is 1. The lowest BCUT2D eigenvalue weighted by atomic mass is 10.1. The highest BCUT2D eigenvalue weighted by atomic mass is 19.1. The Bertz CT molecular complexity index is 1260. The van der Waals surface area contributed by atoms with Crippen LogP contribution in [0.25, 0.3) is 6.08 Å². The zero-order valence-electron chi connectivity index (χ0n) is 21.1. The maximum atomic E-state index is 15.3. The SMILES string of the molecule is CCCN1CCN(c2cc(NC3=NCC(C4CC4)=C3)nc(Oc3ccc4c(c3F)C=C(C)C4)n2)CC1. The Kier molecular flexibility index (Phi) is 6.21. The van der Waals surface area contributed by atoms with Crippen molar-refractivity contribution in [3.05, 3.63) is 52.4 Å². The molecule has 1 aromatic heterocycles. The van der Waals surface area contributed by atoms with Crippen LogP contribution in [-0.2, 0) is 6.42 Å². The fourth-order valence-electron chi connectivity index (χ4n) is 5.25. The van der Waals surface area contributed by atoms with Crippen molar-refractivity contribution in [2.45, 2.75) is 39.5 Å². The van der Waals surface area contributed by atoms with Crippen LogP contribution in [0.1, 0.15) is 44.2 Å². The van der Waals surface area contributed by atoms with Gasteiger partial charge in [-0.15, -0.1) is 0 Å². The summed E-state index contributed by atoms with van der Waals surface area (Å²) < 4.78 is 21.2. The largest absolute Gasteiger partial charge is 0.421 e. The van der Waals surface area contributed by atoms with Crippen LogP contribution in [0.2, 0.25) is 0 Å². The summed E-state index contributed by atoms with van der Waals surface area (Å²) in [5.74, 6) is 2.66. The third kappa shape index (κ3) is 4.87. The van der Waals surface area contributed by atoms with Gasteiger partial charge in [-0.3, -0.25) is 9.89 Å². The number of aliphatic imine (C=N–C) groups is 1. The van der Waals surface area contributed by atoms with Crippen LogP contribution >= 0.6 is 0 Å². The van der Waals surface area contributed by atoms with Crippen molar-refractivity contribution in [3.63, 3.8) is 0 Å². The highest BCUT2D eigenvalue weighted by Gasteiger charge is 2.28. The van der Waals surface area contributed by atoms with E-state index in [1.165, 1.54) is 18.4 Å². The quantitative estimate of drug-likeness (QED) is 0.588. The average molecular weight is 489 g/mol. The van der Waals surface area contributed by atoms with Gasteiger partial charge >= 0.3 is 6.01 Å². The predicted molar refractivity (Wildman–Crippen MR) is 142 cm³/mol.